The Morgan fingerprint density at radius 2 is 2.12 bits per heavy atom. The first kappa shape index (κ1) is 18.9. The van der Waals surface area contributed by atoms with Crippen molar-refractivity contribution in [1.82, 2.24) is 21.1 Å². The Balaban J connectivity index is 2.09. The molecule has 1 atom stereocenters. The molecule has 4 N–H and O–H groups in total. The number of likely N-dealkylation sites (N-methyl/N-ethyl adjacent to an activating group) is 1. The van der Waals surface area contributed by atoms with Gasteiger partial charge >= 0.3 is 6.03 Å². The first-order chi connectivity index (χ1) is 11.8. The molecular formula is C16H24N5O3S+. The summed E-state index contributed by atoms with van der Waals surface area (Å²) in [5, 5.41) is 6.80. The highest BCUT2D eigenvalue weighted by Gasteiger charge is 2.49. The smallest absolute Gasteiger partial charge is 0.344 e. The van der Waals surface area contributed by atoms with Crippen molar-refractivity contribution in [2.75, 3.05) is 34.3 Å². The molecule has 0 unspecified atom stereocenters. The fourth-order valence-electron chi connectivity index (χ4n) is 2.44. The van der Waals surface area contributed by atoms with Gasteiger partial charge in [-0.15, -0.1) is 0 Å². The largest absolute Gasteiger partial charge is 0.497 e. The lowest BCUT2D eigenvalue weighted by Crippen LogP contribution is -3.06. The Kier molecular flexibility index (Phi) is 5.81. The van der Waals surface area contributed by atoms with Crippen LogP contribution in [0.4, 0.5) is 4.79 Å². The summed E-state index contributed by atoms with van der Waals surface area (Å²) in [5.74, 6) is 0.170. The topological polar surface area (TPSA) is 87.1 Å². The van der Waals surface area contributed by atoms with E-state index in [4.69, 9.17) is 17.0 Å². The summed E-state index contributed by atoms with van der Waals surface area (Å²) in [6, 6.07) is 6.47. The highest BCUT2D eigenvalue weighted by molar-refractivity contribution is 7.80. The van der Waals surface area contributed by atoms with Crippen LogP contribution in [0, 0.1) is 0 Å². The minimum Gasteiger partial charge on any atom is -0.497 e. The van der Waals surface area contributed by atoms with Gasteiger partial charge in [-0.1, -0.05) is 12.1 Å². The third-order valence-electron chi connectivity index (χ3n) is 3.96. The standard InChI is InChI=1S/C16H23N5O3S/c1-16(11-6-5-7-12(10-11)24-4)13(22)21(15(23)18-16)19-14(25)17-8-9-20(2)3/h5-7,10H,8-9H2,1-4H3,(H,18,23)(H2,17,19,25)/p+1/t16-/m0/s1. The number of ether oxygens (including phenoxy) is 1. The second-order valence-corrected chi connectivity index (χ2v) is 6.66. The van der Waals surface area contributed by atoms with E-state index < -0.39 is 17.5 Å². The number of urea groups is 1. The molecule has 0 aliphatic carbocycles. The molecule has 9 heteroatoms. The quantitative estimate of drug-likeness (QED) is 0.381. The molecule has 3 amide bonds. The Hall–Kier alpha value is -2.39. The van der Waals surface area contributed by atoms with Crippen LogP contribution in [0.25, 0.3) is 0 Å². The molecule has 0 saturated carbocycles. The number of amides is 3. The van der Waals surface area contributed by atoms with Crippen LogP contribution in [-0.2, 0) is 10.3 Å². The number of methoxy groups -OCH3 is 1. The summed E-state index contributed by atoms with van der Waals surface area (Å²) >= 11 is 5.15. The molecule has 1 aromatic rings. The van der Waals surface area contributed by atoms with E-state index in [-0.39, 0.29) is 5.11 Å². The Bertz CT molecular complexity index is 681. The summed E-state index contributed by atoms with van der Waals surface area (Å²) in [4.78, 5) is 26.3. The Labute approximate surface area is 152 Å². The van der Waals surface area contributed by atoms with Gasteiger partial charge in [0.05, 0.1) is 34.3 Å². The molecule has 1 fully saturated rings. The lowest BCUT2D eigenvalue weighted by molar-refractivity contribution is -0.856. The zero-order valence-corrected chi connectivity index (χ0v) is 15.6. The van der Waals surface area contributed by atoms with E-state index in [1.807, 2.05) is 14.1 Å². The predicted octanol–water partition coefficient (Wildman–Crippen LogP) is -1.01. The van der Waals surface area contributed by atoms with Crippen LogP contribution in [0.15, 0.2) is 24.3 Å². The Morgan fingerprint density at radius 3 is 2.76 bits per heavy atom. The van der Waals surface area contributed by atoms with Gasteiger partial charge in [0.25, 0.3) is 5.91 Å². The van der Waals surface area contributed by atoms with E-state index in [1.54, 1.807) is 38.3 Å². The summed E-state index contributed by atoms with van der Waals surface area (Å²) in [5.41, 5.74) is 2.09. The van der Waals surface area contributed by atoms with Crippen molar-refractivity contribution in [3.8, 4) is 5.75 Å². The minimum absolute atomic E-state index is 0.222. The van der Waals surface area contributed by atoms with Crippen LogP contribution >= 0.6 is 12.2 Å². The second-order valence-electron chi connectivity index (χ2n) is 6.25. The number of carbonyl (C=O) groups excluding carboxylic acids is 2. The molecule has 0 bridgehead atoms. The van der Waals surface area contributed by atoms with Crippen LogP contribution in [0.1, 0.15) is 12.5 Å². The minimum atomic E-state index is -1.19. The third kappa shape index (κ3) is 4.18. The number of thiocarbonyl (C=S) groups is 1. The maximum Gasteiger partial charge on any atom is 0.344 e. The fourth-order valence-corrected chi connectivity index (χ4v) is 2.63. The number of hydrogen-bond acceptors (Lipinski definition) is 4. The van der Waals surface area contributed by atoms with E-state index in [9.17, 15) is 9.59 Å². The zero-order valence-electron chi connectivity index (χ0n) is 14.8. The number of hydrogen-bond donors (Lipinski definition) is 4. The molecule has 1 saturated heterocycles. The summed E-state index contributed by atoms with van der Waals surface area (Å²) in [6.07, 6.45) is 0. The van der Waals surface area contributed by atoms with Crippen LogP contribution in [-0.4, -0.2) is 56.4 Å². The number of nitrogens with zero attached hydrogens (tertiary/aromatic N) is 1. The molecule has 8 nitrogen and oxygen atoms in total. The monoisotopic (exact) mass is 366 g/mol. The van der Waals surface area contributed by atoms with E-state index in [1.165, 1.54) is 4.90 Å². The predicted molar refractivity (Wildman–Crippen MR) is 97.1 cm³/mol. The maximum absolute atomic E-state index is 12.8. The molecule has 1 aliphatic heterocycles. The average molecular weight is 366 g/mol. The van der Waals surface area contributed by atoms with Crippen LogP contribution in [0.5, 0.6) is 5.75 Å². The molecule has 1 aliphatic rings. The van der Waals surface area contributed by atoms with Crippen molar-refractivity contribution < 1.29 is 19.2 Å². The van der Waals surface area contributed by atoms with Gasteiger partial charge in [-0.2, -0.15) is 5.01 Å². The summed E-state index contributed by atoms with van der Waals surface area (Å²) < 4.78 is 5.19. The number of imide groups is 1. The van der Waals surface area contributed by atoms with E-state index in [0.29, 0.717) is 17.9 Å². The summed E-state index contributed by atoms with van der Waals surface area (Å²) in [7, 11) is 5.59. The van der Waals surface area contributed by atoms with Gasteiger partial charge < -0.3 is 20.3 Å². The zero-order chi connectivity index (χ0) is 18.6. The van der Waals surface area contributed by atoms with Gasteiger partial charge in [0.1, 0.15) is 11.3 Å². The molecule has 0 aromatic heterocycles. The lowest BCUT2D eigenvalue weighted by atomic mass is 9.92. The molecular weight excluding hydrogens is 342 g/mol. The second kappa shape index (κ2) is 7.66. The van der Waals surface area contributed by atoms with Gasteiger partial charge in [-0.05, 0) is 36.8 Å². The molecule has 25 heavy (non-hydrogen) atoms. The van der Waals surface area contributed by atoms with E-state index in [2.05, 4.69) is 16.1 Å². The van der Waals surface area contributed by atoms with Gasteiger partial charge in [-0.3, -0.25) is 10.2 Å². The lowest BCUT2D eigenvalue weighted by Gasteiger charge is -2.23. The fraction of sp³-hybridized carbons (Fsp3) is 0.438. The van der Waals surface area contributed by atoms with Crippen LogP contribution in [0.2, 0.25) is 0 Å². The van der Waals surface area contributed by atoms with Crippen molar-refractivity contribution in [3.05, 3.63) is 29.8 Å². The van der Waals surface area contributed by atoms with Gasteiger partial charge in [0.15, 0.2) is 5.11 Å². The van der Waals surface area contributed by atoms with E-state index in [0.717, 1.165) is 11.6 Å². The first-order valence-electron chi connectivity index (χ1n) is 7.92. The number of quaternary nitrogens is 1. The summed E-state index contributed by atoms with van der Waals surface area (Å²) in [6.45, 7) is 3.13. The molecule has 1 aromatic carbocycles. The molecule has 0 radical (unpaired) electrons. The number of rotatable bonds is 6. The van der Waals surface area contributed by atoms with Gasteiger partial charge in [0, 0.05) is 0 Å². The van der Waals surface area contributed by atoms with Crippen molar-refractivity contribution >= 4 is 29.3 Å². The van der Waals surface area contributed by atoms with Crippen molar-refractivity contribution in [1.29, 1.82) is 0 Å². The maximum atomic E-state index is 12.8. The molecule has 136 valence electrons. The van der Waals surface area contributed by atoms with Gasteiger partial charge in [0.2, 0.25) is 0 Å². The van der Waals surface area contributed by atoms with E-state index >= 15 is 0 Å². The van der Waals surface area contributed by atoms with Crippen molar-refractivity contribution in [2.45, 2.75) is 12.5 Å². The van der Waals surface area contributed by atoms with Crippen molar-refractivity contribution in [2.24, 2.45) is 0 Å². The third-order valence-corrected chi connectivity index (χ3v) is 4.20. The number of hydrazine groups is 1. The normalized spacial score (nSPS) is 19.8. The number of carbonyl (C=O) groups is 2. The van der Waals surface area contributed by atoms with Crippen LogP contribution in [0.3, 0.4) is 0 Å². The number of nitrogens with one attached hydrogen (secondary N) is 4. The Morgan fingerprint density at radius 1 is 1.40 bits per heavy atom. The highest BCUT2D eigenvalue weighted by atomic mass is 32.1. The number of benzene rings is 1. The molecule has 1 heterocycles. The molecule has 2 rings (SSSR count). The molecule has 0 spiro atoms. The van der Waals surface area contributed by atoms with Gasteiger partial charge in [-0.25, -0.2) is 4.79 Å². The average Bonchev–Trinajstić information content (AvgIpc) is 2.79. The van der Waals surface area contributed by atoms with Crippen molar-refractivity contribution in [3.63, 3.8) is 0 Å². The first-order valence-corrected chi connectivity index (χ1v) is 8.33. The van der Waals surface area contributed by atoms with Crippen LogP contribution < -0.4 is 25.7 Å². The SMILES string of the molecule is COc1cccc([C@]2(C)NC(=O)N(NC(=S)NCC[NH+](C)C)C2=O)c1. The highest BCUT2D eigenvalue weighted by Crippen LogP contribution is 2.30.